The van der Waals surface area contributed by atoms with Crippen LogP contribution in [-0.2, 0) is 26.0 Å². The summed E-state index contributed by atoms with van der Waals surface area (Å²) in [6.07, 6.45) is 3.61. The number of rotatable bonds is 18. The number of hydrogen-bond donors (Lipinski definition) is 5. The van der Waals surface area contributed by atoms with E-state index >= 15 is 0 Å². The van der Waals surface area contributed by atoms with Crippen LogP contribution < -0.4 is 30.9 Å². The molecule has 4 rings (SSSR count). The van der Waals surface area contributed by atoms with Crippen LogP contribution in [0.4, 0.5) is 5.69 Å². The van der Waals surface area contributed by atoms with E-state index in [1.807, 2.05) is 57.2 Å². The maximum absolute atomic E-state index is 14.0. The minimum Gasteiger partial charge on any atom is -0.352 e. The van der Waals surface area contributed by atoms with Crippen molar-refractivity contribution in [2.24, 2.45) is 11.8 Å². The van der Waals surface area contributed by atoms with Gasteiger partial charge < -0.3 is 26.6 Å². The minimum absolute atomic E-state index is 0.0453. The van der Waals surface area contributed by atoms with E-state index in [1.54, 1.807) is 32.0 Å². The Morgan fingerprint density at radius 2 is 1.43 bits per heavy atom. The highest BCUT2D eigenvalue weighted by atomic mass is 35.5. The Balaban J connectivity index is 1.53. The van der Waals surface area contributed by atoms with Gasteiger partial charge in [-0.05, 0) is 93.3 Å². The molecule has 292 valence electrons. The van der Waals surface area contributed by atoms with Gasteiger partial charge in [-0.1, -0.05) is 67.9 Å². The first-order chi connectivity index (χ1) is 25.4. The smallest absolute Gasteiger partial charge is 0.251 e. The molecule has 5 N–H and O–H groups in total. The summed E-state index contributed by atoms with van der Waals surface area (Å²) in [4.78, 5) is 53.9. The zero-order valence-electron chi connectivity index (χ0n) is 32.0. The monoisotopic (exact) mass is 780 g/mol. The molecule has 1 saturated carbocycles. The molecule has 5 atom stereocenters. The predicted octanol–water partition coefficient (Wildman–Crippen LogP) is 4.60. The molecule has 4 amide bonds. The normalized spacial score (nSPS) is 15.6. The lowest BCUT2D eigenvalue weighted by molar-refractivity contribution is -0.131. The Hall–Kier alpha value is -4.46. The first-order valence-corrected chi connectivity index (χ1v) is 20.5. The zero-order valence-corrected chi connectivity index (χ0v) is 33.6. The van der Waals surface area contributed by atoms with Crippen molar-refractivity contribution >= 4 is 50.9 Å². The van der Waals surface area contributed by atoms with E-state index in [4.69, 9.17) is 11.6 Å². The van der Waals surface area contributed by atoms with E-state index in [0.717, 1.165) is 34.5 Å². The lowest BCUT2D eigenvalue weighted by Crippen LogP contribution is -2.56. The summed E-state index contributed by atoms with van der Waals surface area (Å²) in [7, 11) is -2.40. The zero-order chi connectivity index (χ0) is 39.7. The van der Waals surface area contributed by atoms with Crippen molar-refractivity contribution in [1.29, 1.82) is 0 Å². The molecule has 0 aliphatic heterocycles. The average molecular weight is 781 g/mol. The molecule has 0 bridgehead atoms. The molecule has 3 aromatic rings. The maximum atomic E-state index is 14.0. The Morgan fingerprint density at radius 3 is 2.00 bits per heavy atom. The SMILES string of the molecule is CC(NC(=O)[C@@H](NC(=O)[C@H](C)NC[C@H](Cc1ccccc1)NC(=O)c1cc(C(=O)N[C@H](C)c2cccc(Cl)c2)cc(N(C)S(C)(=O)=O)c1)C(C)C)C1CC1. The van der Waals surface area contributed by atoms with E-state index in [2.05, 4.69) is 26.6 Å². The van der Waals surface area contributed by atoms with E-state index in [1.165, 1.54) is 25.2 Å². The van der Waals surface area contributed by atoms with Crippen LogP contribution in [0.15, 0.2) is 72.8 Å². The fourth-order valence-electron chi connectivity index (χ4n) is 5.98. The third-order valence-electron chi connectivity index (χ3n) is 9.67. The maximum Gasteiger partial charge on any atom is 0.251 e. The van der Waals surface area contributed by atoms with Crippen molar-refractivity contribution in [2.45, 2.75) is 84.1 Å². The van der Waals surface area contributed by atoms with Crippen molar-refractivity contribution < 1.29 is 27.6 Å². The lowest BCUT2D eigenvalue weighted by Gasteiger charge is -2.27. The number of carbonyl (C=O) groups excluding carboxylic acids is 4. The van der Waals surface area contributed by atoms with Crippen molar-refractivity contribution in [2.75, 3.05) is 24.2 Å². The van der Waals surface area contributed by atoms with Crippen LogP contribution in [0.1, 0.15) is 85.3 Å². The second-order valence-corrected chi connectivity index (χ2v) is 17.1. The molecule has 0 spiro atoms. The van der Waals surface area contributed by atoms with Gasteiger partial charge in [-0.3, -0.25) is 23.5 Å². The van der Waals surface area contributed by atoms with Crippen molar-refractivity contribution in [3.8, 4) is 0 Å². The molecule has 1 unspecified atom stereocenters. The summed E-state index contributed by atoms with van der Waals surface area (Å²) >= 11 is 6.15. The molecule has 1 aliphatic carbocycles. The summed E-state index contributed by atoms with van der Waals surface area (Å²) in [5, 5.41) is 15.6. The van der Waals surface area contributed by atoms with E-state index < -0.39 is 46.0 Å². The quantitative estimate of drug-likeness (QED) is 0.126. The predicted molar refractivity (Wildman–Crippen MR) is 213 cm³/mol. The van der Waals surface area contributed by atoms with Crippen LogP contribution in [-0.4, -0.2) is 76.1 Å². The number of amides is 4. The summed E-state index contributed by atoms with van der Waals surface area (Å²) in [6, 6.07) is 18.5. The first-order valence-electron chi connectivity index (χ1n) is 18.3. The molecule has 0 aromatic heterocycles. The summed E-state index contributed by atoms with van der Waals surface area (Å²) < 4.78 is 26.1. The molecule has 1 aliphatic rings. The standard InChI is InChI=1S/C40H53ClN6O6S/c1-24(2)36(40(51)44-25(3)29-16-17-29)46-37(48)27(5)42-23-34(18-28-12-9-8-10-13-28)45-39(50)32-19-31(21-35(22-32)47(6)54(7,52)53)38(49)43-26(4)30-14-11-15-33(41)20-30/h8-15,19-22,24-27,29,34,36,42H,16-18,23H2,1-7H3,(H,43,49)(H,44,51)(H,45,50)(H,46,48)/t25?,26-,27+,34+,36+/m1/s1. The Bertz CT molecular complexity index is 1910. The van der Waals surface area contributed by atoms with Gasteiger partial charge in [0.2, 0.25) is 21.8 Å². The van der Waals surface area contributed by atoms with Gasteiger partial charge in [0, 0.05) is 41.8 Å². The second-order valence-electron chi connectivity index (χ2n) is 14.6. The van der Waals surface area contributed by atoms with Gasteiger partial charge in [-0.15, -0.1) is 0 Å². The van der Waals surface area contributed by atoms with Crippen molar-refractivity contribution in [3.05, 3.63) is 100 Å². The molecule has 1 fully saturated rings. The molecule has 54 heavy (non-hydrogen) atoms. The minimum atomic E-state index is -3.75. The van der Waals surface area contributed by atoms with Crippen LogP contribution in [0.2, 0.25) is 5.02 Å². The van der Waals surface area contributed by atoms with Crippen LogP contribution in [0.3, 0.4) is 0 Å². The number of hydrogen-bond acceptors (Lipinski definition) is 7. The molecule has 0 radical (unpaired) electrons. The second kappa shape index (κ2) is 18.7. The number of sulfonamides is 1. The van der Waals surface area contributed by atoms with Gasteiger partial charge in [0.05, 0.1) is 24.0 Å². The first kappa shape index (κ1) is 42.3. The summed E-state index contributed by atoms with van der Waals surface area (Å²) in [6.45, 7) is 9.41. The van der Waals surface area contributed by atoms with Gasteiger partial charge in [-0.2, -0.15) is 0 Å². The van der Waals surface area contributed by atoms with Crippen LogP contribution in [0.25, 0.3) is 0 Å². The third kappa shape index (κ3) is 12.3. The van der Waals surface area contributed by atoms with Crippen LogP contribution >= 0.6 is 11.6 Å². The molecular formula is C40H53ClN6O6S. The van der Waals surface area contributed by atoms with Gasteiger partial charge in [0.1, 0.15) is 6.04 Å². The van der Waals surface area contributed by atoms with E-state index in [-0.39, 0.29) is 47.1 Å². The van der Waals surface area contributed by atoms with E-state index in [0.29, 0.717) is 17.4 Å². The largest absolute Gasteiger partial charge is 0.352 e. The van der Waals surface area contributed by atoms with Crippen LogP contribution in [0.5, 0.6) is 0 Å². The topological polar surface area (TPSA) is 166 Å². The van der Waals surface area contributed by atoms with Gasteiger partial charge in [0.25, 0.3) is 11.8 Å². The van der Waals surface area contributed by atoms with Gasteiger partial charge in [0.15, 0.2) is 0 Å². The Morgan fingerprint density at radius 1 is 0.796 bits per heavy atom. The number of anilines is 1. The van der Waals surface area contributed by atoms with Crippen LogP contribution in [0, 0.1) is 11.8 Å². The number of nitrogens with zero attached hydrogens (tertiary/aromatic N) is 1. The molecule has 0 heterocycles. The van der Waals surface area contributed by atoms with Crippen molar-refractivity contribution in [1.82, 2.24) is 26.6 Å². The van der Waals surface area contributed by atoms with Gasteiger partial charge in [-0.25, -0.2) is 8.42 Å². The highest BCUT2D eigenvalue weighted by Crippen LogP contribution is 2.32. The molecule has 0 saturated heterocycles. The van der Waals surface area contributed by atoms with E-state index in [9.17, 15) is 27.6 Å². The van der Waals surface area contributed by atoms with Crippen molar-refractivity contribution in [3.63, 3.8) is 0 Å². The highest BCUT2D eigenvalue weighted by molar-refractivity contribution is 7.92. The highest BCUT2D eigenvalue weighted by Gasteiger charge is 2.33. The number of nitrogens with one attached hydrogen (secondary N) is 5. The summed E-state index contributed by atoms with van der Waals surface area (Å²) in [5.74, 6) is -1.29. The fourth-order valence-corrected chi connectivity index (χ4v) is 6.67. The molecule has 3 aromatic carbocycles. The summed E-state index contributed by atoms with van der Waals surface area (Å²) in [5.41, 5.74) is 1.98. The number of benzene rings is 3. The lowest BCUT2D eigenvalue weighted by atomic mass is 10.0. The molecular weight excluding hydrogens is 728 g/mol. The fraction of sp³-hybridized carbons (Fsp3) is 0.450. The molecule has 14 heteroatoms. The number of carbonyl (C=O) groups is 4. The Labute approximate surface area is 324 Å². The van der Waals surface area contributed by atoms with Gasteiger partial charge >= 0.3 is 0 Å². The third-order valence-corrected chi connectivity index (χ3v) is 11.1. The Kier molecular flexibility index (Phi) is 14.7. The average Bonchev–Trinajstić information content (AvgIpc) is 3.98. The number of halogens is 1. The molecule has 12 nitrogen and oxygen atoms in total.